The molecule has 0 saturated carbocycles. The van der Waals surface area contributed by atoms with Crippen LogP contribution in [0.3, 0.4) is 0 Å². The number of aromatic nitrogens is 2. The second-order valence-corrected chi connectivity index (χ2v) is 5.14. The van der Waals surface area contributed by atoms with E-state index in [0.717, 1.165) is 11.1 Å². The van der Waals surface area contributed by atoms with E-state index < -0.39 is 0 Å². The highest BCUT2D eigenvalue weighted by Gasteiger charge is 2.31. The molecule has 1 amide bonds. The lowest BCUT2D eigenvalue weighted by Gasteiger charge is -2.23. The summed E-state index contributed by atoms with van der Waals surface area (Å²) in [5.74, 6) is 1.70. The fourth-order valence-electron chi connectivity index (χ4n) is 2.62. The molecule has 0 bridgehead atoms. The molecule has 1 unspecified atom stereocenters. The number of ether oxygens (including phenoxy) is 2. The number of carbonyl (C=O) groups excluding carboxylic acids is 1. The van der Waals surface area contributed by atoms with Gasteiger partial charge in [-0.3, -0.25) is 9.89 Å². The van der Waals surface area contributed by atoms with Crippen molar-refractivity contribution in [1.29, 1.82) is 0 Å². The van der Waals surface area contributed by atoms with Crippen LogP contribution in [0.15, 0.2) is 18.3 Å². The van der Waals surface area contributed by atoms with Gasteiger partial charge in [0.1, 0.15) is 5.82 Å². The van der Waals surface area contributed by atoms with Gasteiger partial charge < -0.3 is 14.8 Å². The maximum absolute atomic E-state index is 11.8. The van der Waals surface area contributed by atoms with Gasteiger partial charge in [-0.2, -0.15) is 5.10 Å². The average Bonchev–Trinajstić information content (AvgIpc) is 3.04. The Morgan fingerprint density at radius 1 is 1.25 bits per heavy atom. The van der Waals surface area contributed by atoms with Gasteiger partial charge in [-0.15, -0.1) is 0 Å². The van der Waals surface area contributed by atoms with Crippen molar-refractivity contribution < 1.29 is 14.3 Å². The van der Waals surface area contributed by atoms with E-state index in [1.807, 2.05) is 6.07 Å². The van der Waals surface area contributed by atoms with Crippen molar-refractivity contribution in [2.24, 2.45) is 0 Å². The van der Waals surface area contributed by atoms with E-state index in [1.54, 1.807) is 12.3 Å². The largest absolute Gasteiger partial charge is 0.454 e. The number of fused-ring (bicyclic) bond motifs is 2. The lowest BCUT2D eigenvalue weighted by molar-refractivity contribution is -0.116. The standard InChI is InChI=1S/C13H10ClN3O3/c14-9-3-11-10(19-5-20-11)1-7(9)6-2-12(18)16-13-8(6)4-15-17-13/h1,3-4,6H,2,5H2,(H2,15,16,17,18). The van der Waals surface area contributed by atoms with Gasteiger partial charge in [0.25, 0.3) is 0 Å². The first-order chi connectivity index (χ1) is 9.72. The van der Waals surface area contributed by atoms with Crippen molar-refractivity contribution in [3.8, 4) is 11.5 Å². The van der Waals surface area contributed by atoms with Crippen molar-refractivity contribution in [3.05, 3.63) is 34.5 Å². The molecule has 20 heavy (non-hydrogen) atoms. The smallest absolute Gasteiger partial charge is 0.231 e. The number of amides is 1. The monoisotopic (exact) mass is 291 g/mol. The number of rotatable bonds is 1. The van der Waals surface area contributed by atoms with Crippen molar-refractivity contribution >= 4 is 23.3 Å². The van der Waals surface area contributed by atoms with Gasteiger partial charge in [0, 0.05) is 29.0 Å². The summed E-state index contributed by atoms with van der Waals surface area (Å²) < 4.78 is 10.7. The number of anilines is 1. The molecule has 6 nitrogen and oxygen atoms in total. The zero-order chi connectivity index (χ0) is 13.7. The maximum Gasteiger partial charge on any atom is 0.231 e. The zero-order valence-electron chi connectivity index (χ0n) is 10.3. The van der Waals surface area contributed by atoms with Crippen molar-refractivity contribution in [3.63, 3.8) is 0 Å². The average molecular weight is 292 g/mol. The first kappa shape index (κ1) is 11.6. The normalized spacial score (nSPS) is 19.6. The molecule has 102 valence electrons. The predicted molar refractivity (Wildman–Crippen MR) is 71.3 cm³/mol. The van der Waals surface area contributed by atoms with E-state index in [-0.39, 0.29) is 18.6 Å². The van der Waals surface area contributed by atoms with Gasteiger partial charge in [-0.25, -0.2) is 0 Å². The molecule has 1 aromatic heterocycles. The highest BCUT2D eigenvalue weighted by molar-refractivity contribution is 6.31. The van der Waals surface area contributed by atoms with E-state index in [0.29, 0.717) is 28.8 Å². The molecule has 3 heterocycles. The molecule has 0 aliphatic carbocycles. The molecule has 0 radical (unpaired) electrons. The molecule has 2 aliphatic rings. The van der Waals surface area contributed by atoms with Crippen LogP contribution in [0.4, 0.5) is 5.82 Å². The van der Waals surface area contributed by atoms with Gasteiger partial charge in [0.2, 0.25) is 12.7 Å². The zero-order valence-corrected chi connectivity index (χ0v) is 11.0. The topological polar surface area (TPSA) is 76.2 Å². The van der Waals surface area contributed by atoms with Crippen molar-refractivity contribution in [2.45, 2.75) is 12.3 Å². The quantitative estimate of drug-likeness (QED) is 0.845. The van der Waals surface area contributed by atoms with Gasteiger partial charge in [-0.05, 0) is 11.6 Å². The Kier molecular flexibility index (Phi) is 2.40. The minimum atomic E-state index is -0.139. The minimum absolute atomic E-state index is 0.0690. The summed E-state index contributed by atoms with van der Waals surface area (Å²) in [4.78, 5) is 11.8. The molecule has 0 fully saturated rings. The van der Waals surface area contributed by atoms with Crippen LogP contribution < -0.4 is 14.8 Å². The Labute approximate surface area is 119 Å². The summed E-state index contributed by atoms with van der Waals surface area (Å²) >= 11 is 6.32. The Bertz CT molecular complexity index is 713. The van der Waals surface area contributed by atoms with Gasteiger partial charge in [0.15, 0.2) is 11.5 Å². The number of aromatic amines is 1. The first-order valence-corrected chi connectivity index (χ1v) is 6.52. The highest BCUT2D eigenvalue weighted by atomic mass is 35.5. The lowest BCUT2D eigenvalue weighted by Crippen LogP contribution is -2.23. The maximum atomic E-state index is 11.8. The molecule has 0 spiro atoms. The van der Waals surface area contributed by atoms with Crippen molar-refractivity contribution in [1.82, 2.24) is 10.2 Å². The molecular weight excluding hydrogens is 282 g/mol. The highest BCUT2D eigenvalue weighted by Crippen LogP contribution is 2.44. The number of halogens is 1. The predicted octanol–water partition coefficient (Wildman–Crippen LogP) is 2.27. The first-order valence-electron chi connectivity index (χ1n) is 6.14. The molecule has 2 aromatic rings. The summed E-state index contributed by atoms with van der Waals surface area (Å²) in [6.07, 6.45) is 2.03. The molecular formula is C13H10ClN3O3. The van der Waals surface area contributed by atoms with E-state index in [1.165, 1.54) is 0 Å². The second kappa shape index (κ2) is 4.14. The van der Waals surface area contributed by atoms with Crippen molar-refractivity contribution in [2.75, 3.05) is 12.1 Å². The third-order valence-corrected chi connectivity index (χ3v) is 3.89. The van der Waals surface area contributed by atoms with Gasteiger partial charge in [-0.1, -0.05) is 11.6 Å². The molecule has 2 aliphatic heterocycles. The summed E-state index contributed by atoms with van der Waals surface area (Å²) in [5, 5.41) is 10.1. The number of nitrogens with one attached hydrogen (secondary N) is 2. The number of hydrogen-bond acceptors (Lipinski definition) is 4. The summed E-state index contributed by atoms with van der Waals surface area (Å²) in [6.45, 7) is 0.192. The number of H-pyrrole nitrogens is 1. The summed E-state index contributed by atoms with van der Waals surface area (Å²) in [6, 6.07) is 3.57. The Morgan fingerprint density at radius 3 is 2.90 bits per heavy atom. The molecule has 1 aromatic carbocycles. The molecule has 7 heteroatoms. The Hall–Kier alpha value is -2.21. The fraction of sp³-hybridized carbons (Fsp3) is 0.231. The van der Waals surface area contributed by atoms with Crippen LogP contribution in [0.1, 0.15) is 23.5 Å². The second-order valence-electron chi connectivity index (χ2n) is 4.73. The number of nitrogens with zero attached hydrogens (tertiary/aromatic N) is 1. The summed E-state index contributed by atoms with van der Waals surface area (Å²) in [5.41, 5.74) is 1.76. The number of hydrogen-bond donors (Lipinski definition) is 2. The minimum Gasteiger partial charge on any atom is -0.454 e. The third-order valence-electron chi connectivity index (χ3n) is 3.57. The fourth-order valence-corrected chi connectivity index (χ4v) is 2.91. The van der Waals surface area contributed by atoms with Gasteiger partial charge >= 0.3 is 0 Å². The van der Waals surface area contributed by atoms with Crippen LogP contribution >= 0.6 is 11.6 Å². The third kappa shape index (κ3) is 1.65. The molecule has 4 rings (SSSR count). The van der Waals surface area contributed by atoms with E-state index in [4.69, 9.17) is 21.1 Å². The van der Waals surface area contributed by atoms with Crippen LogP contribution in [-0.4, -0.2) is 22.9 Å². The Balaban J connectivity index is 1.84. The van der Waals surface area contributed by atoms with Crippen LogP contribution in [0.5, 0.6) is 11.5 Å². The van der Waals surface area contributed by atoms with Crippen LogP contribution in [0.2, 0.25) is 5.02 Å². The molecule has 1 atom stereocenters. The molecule has 0 saturated heterocycles. The van der Waals surface area contributed by atoms with Gasteiger partial charge in [0.05, 0.1) is 6.20 Å². The SMILES string of the molecule is O=C1CC(c2cc3c(cc2Cl)OCO3)c2cn[nH]c2N1. The van der Waals surface area contributed by atoms with Crippen LogP contribution in [0, 0.1) is 0 Å². The number of benzene rings is 1. The van der Waals surface area contributed by atoms with E-state index in [9.17, 15) is 4.79 Å². The number of carbonyl (C=O) groups is 1. The molecule has 2 N–H and O–H groups in total. The van der Waals surface area contributed by atoms with E-state index in [2.05, 4.69) is 15.5 Å². The Morgan fingerprint density at radius 2 is 2.05 bits per heavy atom. The van der Waals surface area contributed by atoms with E-state index >= 15 is 0 Å². The van der Waals surface area contributed by atoms with Crippen LogP contribution in [0.25, 0.3) is 0 Å². The van der Waals surface area contributed by atoms with Crippen LogP contribution in [-0.2, 0) is 4.79 Å². The lowest BCUT2D eigenvalue weighted by atomic mass is 9.87. The summed E-state index contributed by atoms with van der Waals surface area (Å²) in [7, 11) is 0.